The molecular formula is C37H21N7O. The molecule has 5 heterocycles. The monoisotopic (exact) mass is 579 g/mol. The van der Waals surface area contributed by atoms with Crippen molar-refractivity contribution in [2.75, 3.05) is 0 Å². The molecule has 0 aliphatic rings. The zero-order valence-electron chi connectivity index (χ0n) is 23.7. The Labute approximate surface area is 254 Å². The van der Waals surface area contributed by atoms with Crippen LogP contribution in [0, 0.1) is 0 Å². The SMILES string of the molecule is c1ccc2c(c1)oc1ccc(-c3ccnc(-n4c5ccccc5c5c6c7ccccc7n(-c7ncncn7)c6ccc54)n3)cc12. The maximum Gasteiger partial charge on any atom is 0.237 e. The number of nitrogens with zero attached hydrogens (tertiary/aromatic N) is 7. The fourth-order valence-electron chi connectivity index (χ4n) is 6.80. The van der Waals surface area contributed by atoms with Gasteiger partial charge in [-0.15, -0.1) is 0 Å². The van der Waals surface area contributed by atoms with E-state index in [4.69, 9.17) is 14.4 Å². The number of hydrogen-bond acceptors (Lipinski definition) is 6. The highest BCUT2D eigenvalue weighted by molar-refractivity contribution is 6.28. The van der Waals surface area contributed by atoms with E-state index < -0.39 is 0 Å². The van der Waals surface area contributed by atoms with Crippen molar-refractivity contribution in [1.29, 1.82) is 0 Å². The van der Waals surface area contributed by atoms with Crippen molar-refractivity contribution in [1.82, 2.24) is 34.1 Å². The van der Waals surface area contributed by atoms with E-state index in [2.05, 4.69) is 96.9 Å². The minimum Gasteiger partial charge on any atom is -0.456 e. The second kappa shape index (κ2) is 9.05. The third kappa shape index (κ3) is 3.39. The molecule has 0 bridgehead atoms. The summed E-state index contributed by atoms with van der Waals surface area (Å²) in [7, 11) is 0. The molecular weight excluding hydrogens is 558 g/mol. The van der Waals surface area contributed by atoms with Crippen LogP contribution in [0.25, 0.3) is 88.7 Å². The molecule has 0 aliphatic carbocycles. The van der Waals surface area contributed by atoms with Crippen LogP contribution in [-0.4, -0.2) is 34.1 Å². The van der Waals surface area contributed by atoms with E-state index in [1.54, 1.807) is 0 Å². The van der Waals surface area contributed by atoms with Gasteiger partial charge in [0.15, 0.2) is 0 Å². The fourth-order valence-corrected chi connectivity index (χ4v) is 6.80. The van der Waals surface area contributed by atoms with E-state index >= 15 is 0 Å². The molecule has 0 amide bonds. The van der Waals surface area contributed by atoms with Gasteiger partial charge in [-0.2, -0.15) is 0 Å². The Kier molecular flexibility index (Phi) is 4.84. The molecule has 0 saturated carbocycles. The van der Waals surface area contributed by atoms with Gasteiger partial charge in [-0.1, -0.05) is 54.6 Å². The van der Waals surface area contributed by atoms with Crippen molar-refractivity contribution in [2.24, 2.45) is 0 Å². The topological polar surface area (TPSA) is 87.5 Å². The Balaban J connectivity index is 1.25. The van der Waals surface area contributed by atoms with Gasteiger partial charge in [0, 0.05) is 44.1 Å². The lowest BCUT2D eigenvalue weighted by Gasteiger charge is -2.08. The Bertz CT molecular complexity index is 2770. The van der Waals surface area contributed by atoms with Crippen molar-refractivity contribution in [3.05, 3.63) is 128 Å². The molecule has 5 aromatic carbocycles. The van der Waals surface area contributed by atoms with Gasteiger partial charge in [-0.25, -0.2) is 24.9 Å². The molecule has 8 nitrogen and oxygen atoms in total. The average Bonchev–Trinajstić information content (AvgIpc) is 3.76. The minimum atomic E-state index is 0.581. The summed E-state index contributed by atoms with van der Waals surface area (Å²) in [5.74, 6) is 1.19. The lowest BCUT2D eigenvalue weighted by atomic mass is 10.1. The van der Waals surface area contributed by atoms with E-state index in [9.17, 15) is 0 Å². The van der Waals surface area contributed by atoms with Gasteiger partial charge >= 0.3 is 0 Å². The molecule has 0 radical (unpaired) electrons. The zero-order chi connectivity index (χ0) is 29.5. The smallest absolute Gasteiger partial charge is 0.237 e. The van der Waals surface area contributed by atoms with Crippen molar-refractivity contribution >= 4 is 65.6 Å². The molecule has 0 aliphatic heterocycles. The van der Waals surface area contributed by atoms with Crippen molar-refractivity contribution in [2.45, 2.75) is 0 Å². The van der Waals surface area contributed by atoms with Gasteiger partial charge in [0.25, 0.3) is 0 Å². The van der Waals surface area contributed by atoms with Crippen LogP contribution in [0.3, 0.4) is 0 Å². The first-order valence-electron chi connectivity index (χ1n) is 14.7. The molecule has 10 rings (SSSR count). The van der Waals surface area contributed by atoms with E-state index in [0.717, 1.165) is 76.8 Å². The molecule has 5 aromatic heterocycles. The van der Waals surface area contributed by atoms with Crippen LogP contribution in [0.1, 0.15) is 0 Å². The third-order valence-corrected chi connectivity index (χ3v) is 8.67. The maximum absolute atomic E-state index is 6.07. The molecule has 0 unspecified atom stereocenters. The van der Waals surface area contributed by atoms with Crippen molar-refractivity contribution in [3.63, 3.8) is 0 Å². The summed E-state index contributed by atoms with van der Waals surface area (Å²) in [4.78, 5) is 23.0. The third-order valence-electron chi connectivity index (χ3n) is 8.67. The second-order valence-electron chi connectivity index (χ2n) is 11.0. The number of benzene rings is 5. The number of aromatic nitrogens is 7. The molecule has 0 N–H and O–H groups in total. The molecule has 0 saturated heterocycles. The van der Waals surface area contributed by atoms with Gasteiger partial charge < -0.3 is 4.42 Å². The molecule has 0 fully saturated rings. The van der Waals surface area contributed by atoms with Crippen LogP contribution in [0.15, 0.2) is 132 Å². The summed E-state index contributed by atoms with van der Waals surface area (Å²) in [5, 5.41) is 6.66. The number of para-hydroxylation sites is 3. The summed E-state index contributed by atoms with van der Waals surface area (Å²) < 4.78 is 10.3. The molecule has 0 atom stereocenters. The lowest BCUT2D eigenvalue weighted by molar-refractivity contribution is 0.669. The first-order chi connectivity index (χ1) is 22.3. The number of hydrogen-bond donors (Lipinski definition) is 0. The average molecular weight is 580 g/mol. The van der Waals surface area contributed by atoms with E-state index in [1.807, 2.05) is 42.6 Å². The summed E-state index contributed by atoms with van der Waals surface area (Å²) in [6.45, 7) is 0. The van der Waals surface area contributed by atoms with Crippen molar-refractivity contribution in [3.8, 4) is 23.2 Å². The van der Waals surface area contributed by atoms with Crippen LogP contribution in [-0.2, 0) is 0 Å². The van der Waals surface area contributed by atoms with E-state index in [0.29, 0.717) is 11.9 Å². The van der Waals surface area contributed by atoms with Gasteiger partial charge in [0.05, 0.1) is 27.8 Å². The lowest BCUT2D eigenvalue weighted by Crippen LogP contribution is -2.02. The van der Waals surface area contributed by atoms with Crippen LogP contribution in [0.2, 0.25) is 0 Å². The molecule has 8 heteroatoms. The zero-order valence-corrected chi connectivity index (χ0v) is 23.7. The molecule has 45 heavy (non-hydrogen) atoms. The summed E-state index contributed by atoms with van der Waals surface area (Å²) in [6, 6.07) is 37.4. The van der Waals surface area contributed by atoms with Crippen LogP contribution in [0.5, 0.6) is 0 Å². The Hall–Kier alpha value is -6.41. The highest BCUT2D eigenvalue weighted by Gasteiger charge is 2.22. The first-order valence-corrected chi connectivity index (χ1v) is 14.7. The number of rotatable bonds is 3. The van der Waals surface area contributed by atoms with Crippen LogP contribution in [0.4, 0.5) is 0 Å². The molecule has 210 valence electrons. The predicted molar refractivity (Wildman–Crippen MR) is 177 cm³/mol. The minimum absolute atomic E-state index is 0.581. The van der Waals surface area contributed by atoms with E-state index in [-0.39, 0.29) is 0 Å². The highest BCUT2D eigenvalue weighted by atomic mass is 16.3. The number of furan rings is 1. The van der Waals surface area contributed by atoms with Gasteiger partial charge in [0.2, 0.25) is 11.9 Å². The van der Waals surface area contributed by atoms with E-state index in [1.165, 1.54) is 12.7 Å². The predicted octanol–water partition coefficient (Wildman–Crippen LogP) is 8.42. The van der Waals surface area contributed by atoms with Crippen molar-refractivity contribution < 1.29 is 4.42 Å². The maximum atomic E-state index is 6.07. The summed E-state index contributed by atoms with van der Waals surface area (Å²) in [5.41, 5.74) is 7.68. The van der Waals surface area contributed by atoms with Gasteiger partial charge in [0.1, 0.15) is 23.8 Å². The normalized spacial score (nSPS) is 12.0. The largest absolute Gasteiger partial charge is 0.456 e. The summed E-state index contributed by atoms with van der Waals surface area (Å²) >= 11 is 0. The summed E-state index contributed by atoms with van der Waals surface area (Å²) in [6.07, 6.45) is 4.90. The Morgan fingerprint density at radius 1 is 0.489 bits per heavy atom. The quantitative estimate of drug-likeness (QED) is 0.209. The Morgan fingerprint density at radius 2 is 1.11 bits per heavy atom. The highest BCUT2D eigenvalue weighted by Crippen LogP contribution is 2.41. The number of fused-ring (bicyclic) bond motifs is 10. The van der Waals surface area contributed by atoms with Crippen LogP contribution < -0.4 is 0 Å². The van der Waals surface area contributed by atoms with Crippen LogP contribution >= 0.6 is 0 Å². The molecule has 10 aromatic rings. The standard InChI is InChI=1S/C37H21N7O/c1-4-10-28-24(8-1)34-30(43(28)36-40-20-38-21-41-36)14-15-31-35(34)25-9-2-5-11-29(25)44(31)37-39-18-17-27(42-37)22-13-16-33-26(19-22)23-7-3-6-12-32(23)45-33/h1-21H. The Morgan fingerprint density at radius 3 is 1.84 bits per heavy atom. The first kappa shape index (κ1) is 24.1. The second-order valence-corrected chi connectivity index (χ2v) is 11.0. The fraction of sp³-hybridized carbons (Fsp3) is 0. The van der Waals surface area contributed by atoms with Gasteiger partial charge in [-0.05, 0) is 54.6 Å². The van der Waals surface area contributed by atoms with Gasteiger partial charge in [-0.3, -0.25) is 9.13 Å². The molecule has 0 spiro atoms.